The van der Waals surface area contributed by atoms with Gasteiger partial charge >= 0.3 is 0 Å². The van der Waals surface area contributed by atoms with Gasteiger partial charge in [0.15, 0.2) is 0 Å². The number of aliphatic hydroxyl groups excluding tert-OH is 1. The topological polar surface area (TPSA) is 101 Å². The summed E-state index contributed by atoms with van der Waals surface area (Å²) < 4.78 is 5.42. The lowest BCUT2D eigenvalue weighted by Crippen LogP contribution is -2.37. The third kappa shape index (κ3) is 3.76. The Morgan fingerprint density at radius 3 is 2.77 bits per heavy atom. The van der Waals surface area contributed by atoms with Crippen LogP contribution in [0.3, 0.4) is 0 Å². The smallest absolute Gasteiger partial charge is 0.229 e. The SMILES string of the molecule is Nc1cc(N2C[C@@H](Cc3ccnc4ccccc34)[C@H](O)C2)nc(N2CCOCC2)n1. The average molecular weight is 406 g/mol. The summed E-state index contributed by atoms with van der Waals surface area (Å²) in [6.45, 7) is 4.09. The lowest BCUT2D eigenvalue weighted by Gasteiger charge is -2.28. The van der Waals surface area contributed by atoms with Gasteiger partial charge in [0.1, 0.15) is 11.6 Å². The molecule has 2 fully saturated rings. The molecule has 4 heterocycles. The highest BCUT2D eigenvalue weighted by Crippen LogP contribution is 2.29. The van der Waals surface area contributed by atoms with Gasteiger partial charge in [-0.05, 0) is 24.1 Å². The zero-order valence-electron chi connectivity index (χ0n) is 16.8. The third-order valence-corrected chi connectivity index (χ3v) is 5.97. The van der Waals surface area contributed by atoms with E-state index in [1.54, 1.807) is 6.07 Å². The summed E-state index contributed by atoms with van der Waals surface area (Å²) in [5, 5.41) is 11.9. The highest BCUT2D eigenvalue weighted by Gasteiger charge is 2.33. The molecule has 2 saturated heterocycles. The first-order chi connectivity index (χ1) is 14.7. The van der Waals surface area contributed by atoms with Crippen molar-refractivity contribution >= 4 is 28.5 Å². The third-order valence-electron chi connectivity index (χ3n) is 5.97. The van der Waals surface area contributed by atoms with Gasteiger partial charge in [0.25, 0.3) is 0 Å². The van der Waals surface area contributed by atoms with Gasteiger partial charge in [0.05, 0.1) is 24.8 Å². The van der Waals surface area contributed by atoms with Gasteiger partial charge in [-0.2, -0.15) is 9.97 Å². The number of β-amino-alcohol motifs (C(OH)–C–C–N with tert-alkyl or cyclic N) is 1. The molecule has 0 spiro atoms. The van der Waals surface area contributed by atoms with Crippen molar-refractivity contribution in [3.8, 4) is 0 Å². The largest absolute Gasteiger partial charge is 0.391 e. The number of aliphatic hydroxyl groups is 1. The Morgan fingerprint density at radius 1 is 1.07 bits per heavy atom. The minimum atomic E-state index is -0.431. The van der Waals surface area contributed by atoms with Crippen molar-refractivity contribution in [2.24, 2.45) is 5.92 Å². The summed E-state index contributed by atoms with van der Waals surface area (Å²) in [6, 6.07) is 12.0. The van der Waals surface area contributed by atoms with Crippen molar-refractivity contribution in [1.82, 2.24) is 15.0 Å². The van der Waals surface area contributed by atoms with Gasteiger partial charge in [-0.1, -0.05) is 18.2 Å². The van der Waals surface area contributed by atoms with Crippen LogP contribution in [0.1, 0.15) is 5.56 Å². The normalized spacial score (nSPS) is 22.0. The Labute approximate surface area is 175 Å². The van der Waals surface area contributed by atoms with Crippen molar-refractivity contribution in [2.75, 3.05) is 54.9 Å². The molecule has 156 valence electrons. The van der Waals surface area contributed by atoms with Crippen molar-refractivity contribution in [2.45, 2.75) is 12.5 Å². The van der Waals surface area contributed by atoms with Crippen LogP contribution in [0.4, 0.5) is 17.6 Å². The van der Waals surface area contributed by atoms with E-state index in [0.717, 1.165) is 42.8 Å². The molecule has 2 aromatic heterocycles. The highest BCUT2D eigenvalue weighted by molar-refractivity contribution is 5.81. The molecule has 2 aliphatic heterocycles. The van der Waals surface area contributed by atoms with Crippen LogP contribution in [0.25, 0.3) is 10.9 Å². The number of ether oxygens (including phenoxy) is 1. The first kappa shape index (κ1) is 19.0. The lowest BCUT2D eigenvalue weighted by atomic mass is 9.94. The molecule has 3 aromatic rings. The fraction of sp³-hybridized carbons (Fsp3) is 0.409. The van der Waals surface area contributed by atoms with Crippen LogP contribution < -0.4 is 15.5 Å². The van der Waals surface area contributed by atoms with Crippen molar-refractivity contribution in [3.63, 3.8) is 0 Å². The summed E-state index contributed by atoms with van der Waals surface area (Å²) >= 11 is 0. The number of rotatable bonds is 4. The molecule has 0 bridgehead atoms. The molecule has 5 rings (SSSR count). The molecule has 1 aromatic carbocycles. The predicted molar refractivity (Wildman–Crippen MR) is 117 cm³/mol. The Balaban J connectivity index is 1.36. The Morgan fingerprint density at radius 2 is 1.90 bits per heavy atom. The molecule has 0 aliphatic carbocycles. The fourth-order valence-electron chi connectivity index (χ4n) is 4.36. The maximum absolute atomic E-state index is 10.8. The molecule has 8 nitrogen and oxygen atoms in total. The van der Waals surface area contributed by atoms with Crippen LogP contribution in [0.15, 0.2) is 42.6 Å². The molecule has 0 saturated carbocycles. The van der Waals surface area contributed by atoms with Gasteiger partial charge in [-0.3, -0.25) is 4.98 Å². The number of nitrogen functional groups attached to an aromatic ring is 1. The van der Waals surface area contributed by atoms with Gasteiger partial charge in [0.2, 0.25) is 5.95 Å². The quantitative estimate of drug-likeness (QED) is 0.672. The number of nitrogens with zero attached hydrogens (tertiary/aromatic N) is 5. The Bertz CT molecular complexity index is 1030. The van der Waals surface area contributed by atoms with E-state index in [4.69, 9.17) is 15.5 Å². The number of aromatic nitrogens is 3. The summed E-state index contributed by atoms with van der Waals surface area (Å²) in [5.74, 6) is 1.95. The molecule has 30 heavy (non-hydrogen) atoms. The standard InChI is InChI=1S/C22H26N6O2/c23-20-12-21(26-22(25-20)27-7-9-30-10-8-27)28-13-16(19(29)14-28)11-15-5-6-24-18-4-2-1-3-17(15)18/h1-6,12,16,19,29H,7-11,13-14H2,(H2,23,25,26)/t16-,19-/m1/s1. The van der Waals surface area contributed by atoms with E-state index >= 15 is 0 Å². The van der Waals surface area contributed by atoms with E-state index in [1.807, 2.05) is 24.4 Å². The summed E-state index contributed by atoms with van der Waals surface area (Å²) in [6.07, 6.45) is 2.20. The summed E-state index contributed by atoms with van der Waals surface area (Å²) in [7, 11) is 0. The van der Waals surface area contributed by atoms with Crippen molar-refractivity contribution < 1.29 is 9.84 Å². The zero-order chi connectivity index (χ0) is 20.5. The first-order valence-corrected chi connectivity index (χ1v) is 10.4. The second-order valence-electron chi connectivity index (χ2n) is 7.97. The van der Waals surface area contributed by atoms with Crippen molar-refractivity contribution in [1.29, 1.82) is 0 Å². The number of hydrogen-bond acceptors (Lipinski definition) is 8. The minimum Gasteiger partial charge on any atom is -0.391 e. The van der Waals surface area contributed by atoms with Crippen LogP contribution in [0.2, 0.25) is 0 Å². The van der Waals surface area contributed by atoms with E-state index in [0.29, 0.717) is 31.5 Å². The molecular formula is C22H26N6O2. The zero-order valence-corrected chi connectivity index (χ0v) is 16.8. The summed E-state index contributed by atoms with van der Waals surface area (Å²) in [4.78, 5) is 17.8. The number of hydrogen-bond donors (Lipinski definition) is 2. The number of nitrogens with two attached hydrogens (primary N) is 1. The number of pyridine rings is 1. The van der Waals surface area contributed by atoms with Crippen molar-refractivity contribution in [3.05, 3.63) is 48.2 Å². The molecule has 0 radical (unpaired) electrons. The summed E-state index contributed by atoms with van der Waals surface area (Å²) in [5.41, 5.74) is 8.28. The van der Waals surface area contributed by atoms with Gasteiger partial charge in [0, 0.05) is 49.7 Å². The van der Waals surface area contributed by atoms with Crippen LogP contribution >= 0.6 is 0 Å². The molecule has 3 N–H and O–H groups in total. The number of benzene rings is 1. The first-order valence-electron chi connectivity index (χ1n) is 10.4. The van der Waals surface area contributed by atoms with E-state index < -0.39 is 6.10 Å². The Kier molecular flexibility index (Phi) is 5.10. The molecule has 0 unspecified atom stereocenters. The maximum Gasteiger partial charge on any atom is 0.229 e. The van der Waals surface area contributed by atoms with E-state index in [1.165, 1.54) is 5.56 Å². The van der Waals surface area contributed by atoms with Gasteiger partial charge in [-0.25, -0.2) is 0 Å². The van der Waals surface area contributed by atoms with Crippen LogP contribution in [0, 0.1) is 5.92 Å². The minimum absolute atomic E-state index is 0.110. The number of fused-ring (bicyclic) bond motifs is 1. The van der Waals surface area contributed by atoms with Crippen LogP contribution in [0.5, 0.6) is 0 Å². The predicted octanol–water partition coefficient (Wildman–Crippen LogP) is 1.48. The van der Waals surface area contributed by atoms with Gasteiger partial charge < -0.3 is 25.4 Å². The second-order valence-corrected chi connectivity index (χ2v) is 7.97. The number of anilines is 3. The lowest BCUT2D eigenvalue weighted by molar-refractivity contribution is 0.122. The van der Waals surface area contributed by atoms with E-state index in [2.05, 4.69) is 31.9 Å². The van der Waals surface area contributed by atoms with E-state index in [9.17, 15) is 5.11 Å². The monoisotopic (exact) mass is 406 g/mol. The molecular weight excluding hydrogens is 380 g/mol. The number of para-hydroxylation sites is 1. The van der Waals surface area contributed by atoms with Crippen LogP contribution in [-0.4, -0.2) is 65.6 Å². The molecule has 2 aliphatic rings. The van der Waals surface area contributed by atoms with Crippen LogP contribution in [-0.2, 0) is 11.2 Å². The number of morpholine rings is 1. The van der Waals surface area contributed by atoms with Gasteiger partial charge in [-0.15, -0.1) is 0 Å². The molecule has 2 atom stereocenters. The molecule has 8 heteroatoms. The Hall–Kier alpha value is -2.97. The fourth-order valence-corrected chi connectivity index (χ4v) is 4.36. The average Bonchev–Trinajstić information content (AvgIpc) is 3.14. The highest BCUT2D eigenvalue weighted by atomic mass is 16.5. The molecule has 0 amide bonds. The maximum atomic E-state index is 10.8. The second kappa shape index (κ2) is 8.04. The van der Waals surface area contributed by atoms with E-state index in [-0.39, 0.29) is 5.92 Å².